The number of benzene rings is 1. The van der Waals surface area contributed by atoms with Crippen molar-refractivity contribution in [3.63, 3.8) is 0 Å². The van der Waals surface area contributed by atoms with Crippen LogP contribution < -0.4 is 10.1 Å². The van der Waals surface area contributed by atoms with Crippen molar-refractivity contribution in [1.29, 1.82) is 0 Å². The summed E-state index contributed by atoms with van der Waals surface area (Å²) in [6.07, 6.45) is 0. The number of ether oxygens (including phenoxy) is 1. The monoisotopic (exact) mass is 330 g/mol. The van der Waals surface area contributed by atoms with Crippen molar-refractivity contribution in [3.8, 4) is 5.75 Å². The number of halogens is 2. The van der Waals surface area contributed by atoms with Crippen LogP contribution >= 0.6 is 23.2 Å². The van der Waals surface area contributed by atoms with E-state index in [2.05, 4.69) is 5.32 Å². The lowest BCUT2D eigenvalue weighted by Gasteiger charge is -2.41. The van der Waals surface area contributed by atoms with Crippen LogP contribution in [0.5, 0.6) is 5.75 Å². The van der Waals surface area contributed by atoms with Crippen molar-refractivity contribution in [2.45, 2.75) is 19.4 Å². The number of carbonyl (C=O) groups is 2. The number of hydrogen-bond acceptors (Lipinski definition) is 3. The largest absolute Gasteiger partial charge is 0.494 e. The van der Waals surface area contributed by atoms with E-state index in [4.69, 9.17) is 27.9 Å². The summed E-state index contributed by atoms with van der Waals surface area (Å²) in [7, 11) is 1.42. The van der Waals surface area contributed by atoms with Gasteiger partial charge in [-0.05, 0) is 26.0 Å². The lowest BCUT2D eigenvalue weighted by Crippen LogP contribution is -2.63. The highest BCUT2D eigenvalue weighted by Crippen LogP contribution is 2.36. The fourth-order valence-electron chi connectivity index (χ4n) is 2.32. The van der Waals surface area contributed by atoms with Crippen LogP contribution in [0.1, 0.15) is 24.2 Å². The molecule has 1 N–H and O–H groups in total. The molecule has 0 bridgehead atoms. The molecular formula is C14H16Cl2N2O3. The molecule has 0 aliphatic carbocycles. The molecule has 2 amide bonds. The van der Waals surface area contributed by atoms with E-state index in [0.29, 0.717) is 18.1 Å². The molecule has 1 aromatic carbocycles. The van der Waals surface area contributed by atoms with Gasteiger partial charge in [-0.3, -0.25) is 9.59 Å². The maximum absolute atomic E-state index is 12.8. The second-order valence-electron chi connectivity index (χ2n) is 5.21. The zero-order valence-electron chi connectivity index (χ0n) is 12.0. The topological polar surface area (TPSA) is 58.6 Å². The SMILES string of the molecule is COc1c(Cl)ccc(Cl)c1C(=O)N1CCNC(=O)C1(C)C. The summed E-state index contributed by atoms with van der Waals surface area (Å²) in [6, 6.07) is 3.10. The molecule has 7 heteroatoms. The second kappa shape index (κ2) is 5.73. The second-order valence-corrected chi connectivity index (χ2v) is 6.02. The Balaban J connectivity index is 2.50. The number of amides is 2. The highest BCUT2D eigenvalue weighted by Gasteiger charge is 2.42. The van der Waals surface area contributed by atoms with E-state index >= 15 is 0 Å². The Kier molecular flexibility index (Phi) is 4.35. The van der Waals surface area contributed by atoms with E-state index in [1.165, 1.54) is 18.1 Å². The molecule has 2 rings (SSSR count). The number of piperazine rings is 1. The lowest BCUT2D eigenvalue weighted by molar-refractivity contribution is -0.133. The molecule has 1 aliphatic heterocycles. The first-order chi connectivity index (χ1) is 9.80. The van der Waals surface area contributed by atoms with Gasteiger partial charge in [-0.2, -0.15) is 0 Å². The van der Waals surface area contributed by atoms with Gasteiger partial charge in [-0.25, -0.2) is 0 Å². The summed E-state index contributed by atoms with van der Waals surface area (Å²) in [5.41, 5.74) is -0.791. The van der Waals surface area contributed by atoms with Gasteiger partial charge in [0.15, 0.2) is 5.75 Å². The maximum atomic E-state index is 12.8. The average Bonchev–Trinajstić information content (AvgIpc) is 2.43. The summed E-state index contributed by atoms with van der Waals surface area (Å²) in [6.45, 7) is 4.16. The smallest absolute Gasteiger partial charge is 0.260 e. The molecule has 5 nitrogen and oxygen atoms in total. The van der Waals surface area contributed by atoms with Crippen molar-refractivity contribution in [2.24, 2.45) is 0 Å². The number of methoxy groups -OCH3 is 1. The third-order valence-corrected chi connectivity index (χ3v) is 4.19. The van der Waals surface area contributed by atoms with E-state index in [1.54, 1.807) is 19.9 Å². The molecule has 0 saturated carbocycles. The van der Waals surface area contributed by atoms with Gasteiger partial charge in [0.25, 0.3) is 5.91 Å². The summed E-state index contributed by atoms with van der Waals surface area (Å²) >= 11 is 12.2. The molecule has 0 atom stereocenters. The Bertz CT molecular complexity index is 602. The first kappa shape index (κ1) is 15.9. The van der Waals surface area contributed by atoms with Crippen LogP contribution in [-0.2, 0) is 4.79 Å². The quantitative estimate of drug-likeness (QED) is 0.905. The number of carbonyl (C=O) groups excluding carboxylic acids is 2. The van der Waals surface area contributed by atoms with Gasteiger partial charge in [0.2, 0.25) is 5.91 Å². The minimum atomic E-state index is -0.966. The van der Waals surface area contributed by atoms with Crippen molar-refractivity contribution >= 4 is 35.0 Å². The van der Waals surface area contributed by atoms with Gasteiger partial charge in [0.1, 0.15) is 11.1 Å². The molecule has 0 unspecified atom stereocenters. The molecule has 114 valence electrons. The molecular weight excluding hydrogens is 315 g/mol. The van der Waals surface area contributed by atoms with Crippen LogP contribution in [0.4, 0.5) is 0 Å². The fourth-order valence-corrected chi connectivity index (χ4v) is 2.79. The van der Waals surface area contributed by atoms with E-state index < -0.39 is 5.54 Å². The van der Waals surface area contributed by atoms with Crippen molar-refractivity contribution in [2.75, 3.05) is 20.2 Å². The van der Waals surface area contributed by atoms with E-state index in [0.717, 1.165) is 0 Å². The molecule has 0 aromatic heterocycles. The molecule has 1 aromatic rings. The van der Waals surface area contributed by atoms with Crippen LogP contribution in [0, 0.1) is 0 Å². The number of nitrogens with zero attached hydrogens (tertiary/aromatic N) is 1. The first-order valence-electron chi connectivity index (χ1n) is 6.43. The summed E-state index contributed by atoms with van der Waals surface area (Å²) in [4.78, 5) is 26.3. The van der Waals surface area contributed by atoms with Crippen molar-refractivity contribution < 1.29 is 14.3 Å². The number of nitrogens with one attached hydrogen (secondary N) is 1. The molecule has 1 saturated heterocycles. The normalized spacial score (nSPS) is 17.4. The molecule has 1 aliphatic rings. The highest BCUT2D eigenvalue weighted by atomic mass is 35.5. The van der Waals surface area contributed by atoms with Gasteiger partial charge < -0.3 is 15.0 Å². The predicted molar refractivity (Wildman–Crippen MR) is 81.1 cm³/mol. The van der Waals surface area contributed by atoms with Crippen LogP contribution in [0.2, 0.25) is 10.0 Å². The van der Waals surface area contributed by atoms with Gasteiger partial charge in [0, 0.05) is 13.1 Å². The van der Waals surface area contributed by atoms with E-state index in [1.807, 2.05) is 0 Å². The van der Waals surface area contributed by atoms with Crippen LogP contribution in [0.25, 0.3) is 0 Å². The molecule has 1 heterocycles. The Morgan fingerprint density at radius 3 is 2.57 bits per heavy atom. The Labute approximate surface area is 133 Å². The van der Waals surface area contributed by atoms with Crippen LogP contribution in [-0.4, -0.2) is 42.5 Å². The zero-order valence-corrected chi connectivity index (χ0v) is 13.5. The Morgan fingerprint density at radius 1 is 1.33 bits per heavy atom. The van der Waals surface area contributed by atoms with E-state index in [-0.39, 0.29) is 28.1 Å². The Morgan fingerprint density at radius 2 is 1.95 bits per heavy atom. The lowest BCUT2D eigenvalue weighted by atomic mass is 9.97. The summed E-state index contributed by atoms with van der Waals surface area (Å²) in [5.74, 6) is -0.366. The Hall–Kier alpha value is -1.46. The fraction of sp³-hybridized carbons (Fsp3) is 0.429. The molecule has 0 radical (unpaired) electrons. The van der Waals surface area contributed by atoms with Gasteiger partial charge in [-0.15, -0.1) is 0 Å². The average molecular weight is 331 g/mol. The molecule has 21 heavy (non-hydrogen) atoms. The van der Waals surface area contributed by atoms with E-state index in [9.17, 15) is 9.59 Å². The van der Waals surface area contributed by atoms with Gasteiger partial charge >= 0.3 is 0 Å². The highest BCUT2D eigenvalue weighted by molar-refractivity contribution is 6.37. The number of rotatable bonds is 2. The standard InChI is InChI=1S/C14H16Cl2N2O3/c1-14(2)13(20)17-6-7-18(14)12(19)10-8(15)4-5-9(16)11(10)21-3/h4-5H,6-7H2,1-3H3,(H,17,20). The van der Waals surface area contributed by atoms with Crippen LogP contribution in [0.3, 0.4) is 0 Å². The third kappa shape index (κ3) is 2.68. The third-order valence-electron chi connectivity index (χ3n) is 3.57. The van der Waals surface area contributed by atoms with Crippen molar-refractivity contribution in [3.05, 3.63) is 27.7 Å². The van der Waals surface area contributed by atoms with Gasteiger partial charge in [-0.1, -0.05) is 23.2 Å². The first-order valence-corrected chi connectivity index (χ1v) is 7.18. The number of hydrogen-bond donors (Lipinski definition) is 1. The predicted octanol–water partition coefficient (Wildman–Crippen LogP) is 2.35. The van der Waals surface area contributed by atoms with Crippen LogP contribution in [0.15, 0.2) is 12.1 Å². The van der Waals surface area contributed by atoms with Crippen molar-refractivity contribution in [1.82, 2.24) is 10.2 Å². The maximum Gasteiger partial charge on any atom is 0.260 e. The minimum Gasteiger partial charge on any atom is -0.494 e. The summed E-state index contributed by atoms with van der Waals surface area (Å²) in [5, 5.41) is 3.27. The molecule has 0 spiro atoms. The van der Waals surface area contributed by atoms with Gasteiger partial charge in [0.05, 0.1) is 17.2 Å². The minimum absolute atomic E-state index is 0.175. The summed E-state index contributed by atoms with van der Waals surface area (Å²) < 4.78 is 5.20. The molecule has 1 fully saturated rings. The zero-order chi connectivity index (χ0) is 15.8.